The lowest BCUT2D eigenvalue weighted by molar-refractivity contribution is 0.394. The van der Waals surface area contributed by atoms with Gasteiger partial charge >= 0.3 is 0 Å². The van der Waals surface area contributed by atoms with Crippen LogP contribution < -0.4 is 0 Å². The molecule has 0 amide bonds. The summed E-state index contributed by atoms with van der Waals surface area (Å²) in [6.07, 6.45) is 4.34. The van der Waals surface area contributed by atoms with Gasteiger partial charge in [-0.05, 0) is 26.3 Å². The van der Waals surface area contributed by atoms with Gasteiger partial charge in [-0.25, -0.2) is 0 Å². The number of aliphatic hydroxyl groups excluding tert-OH is 1. The van der Waals surface area contributed by atoms with Crippen LogP contribution in [0.3, 0.4) is 0 Å². The maximum absolute atomic E-state index is 9.27. The predicted molar refractivity (Wildman–Crippen MR) is 49.6 cm³/mol. The molecular weight excluding hydrogens is 136 g/mol. The molecule has 0 fully saturated rings. The minimum absolute atomic E-state index is 0.450. The van der Waals surface area contributed by atoms with Gasteiger partial charge in [0, 0.05) is 6.42 Å². The van der Waals surface area contributed by atoms with Crippen LogP contribution in [0.5, 0.6) is 0 Å². The molecule has 0 rings (SSSR count). The first-order valence-electron chi connectivity index (χ1n) is 3.72. The molecule has 0 unspecified atom stereocenters. The second-order valence-electron chi connectivity index (χ2n) is 2.80. The minimum atomic E-state index is 0.450. The van der Waals surface area contributed by atoms with Crippen LogP contribution in [0.15, 0.2) is 35.6 Å². The third-order valence-electron chi connectivity index (χ3n) is 1.52. The Balaban J connectivity index is 4.09. The van der Waals surface area contributed by atoms with Crippen LogP contribution in [0.25, 0.3) is 0 Å². The summed E-state index contributed by atoms with van der Waals surface area (Å²) in [5.41, 5.74) is 2.07. The van der Waals surface area contributed by atoms with Gasteiger partial charge in [0.25, 0.3) is 0 Å². The summed E-state index contributed by atoms with van der Waals surface area (Å²) in [4.78, 5) is 0. The van der Waals surface area contributed by atoms with E-state index in [0.29, 0.717) is 12.2 Å². The smallest absolute Gasteiger partial charge is 0.0946 e. The quantitative estimate of drug-likeness (QED) is 0.485. The molecule has 0 aromatic rings. The van der Waals surface area contributed by atoms with E-state index in [1.54, 1.807) is 6.08 Å². The number of hydrogen-bond donors (Lipinski definition) is 1. The summed E-state index contributed by atoms with van der Waals surface area (Å²) >= 11 is 0. The third-order valence-corrected chi connectivity index (χ3v) is 1.52. The highest BCUT2D eigenvalue weighted by molar-refractivity contribution is 5.16. The van der Waals surface area contributed by atoms with Crippen molar-refractivity contribution in [3.8, 4) is 0 Å². The molecule has 0 aromatic heterocycles. The summed E-state index contributed by atoms with van der Waals surface area (Å²) in [6.45, 7) is 9.37. The summed E-state index contributed by atoms with van der Waals surface area (Å²) in [6, 6.07) is 0. The first-order chi connectivity index (χ1) is 5.07. The standard InChI is InChI=1S/C10H16O/c1-5-9(4)6-7-10(11)8(2)3/h5-6,11H,1,7H2,2-4H3. The highest BCUT2D eigenvalue weighted by Crippen LogP contribution is 2.06. The van der Waals surface area contributed by atoms with Gasteiger partial charge in [0.05, 0.1) is 5.76 Å². The number of rotatable bonds is 3. The van der Waals surface area contributed by atoms with Crippen LogP contribution in [0.2, 0.25) is 0 Å². The fourth-order valence-electron chi connectivity index (χ4n) is 0.545. The van der Waals surface area contributed by atoms with Crippen molar-refractivity contribution in [2.24, 2.45) is 0 Å². The van der Waals surface area contributed by atoms with E-state index in [1.165, 1.54) is 0 Å². The van der Waals surface area contributed by atoms with E-state index in [0.717, 1.165) is 11.1 Å². The predicted octanol–water partition coefficient (Wildman–Crippen LogP) is 3.36. The van der Waals surface area contributed by atoms with Gasteiger partial charge in [0.1, 0.15) is 0 Å². The van der Waals surface area contributed by atoms with Crippen LogP contribution in [-0.4, -0.2) is 5.11 Å². The van der Waals surface area contributed by atoms with Crippen molar-refractivity contribution in [2.75, 3.05) is 0 Å². The first-order valence-corrected chi connectivity index (χ1v) is 3.72. The molecule has 0 atom stereocenters. The maximum atomic E-state index is 9.27. The molecule has 0 bridgehead atoms. The van der Waals surface area contributed by atoms with E-state index in [2.05, 4.69) is 6.58 Å². The SMILES string of the molecule is C=CC(C)=CCC(O)=C(C)C. The minimum Gasteiger partial charge on any atom is -0.512 e. The van der Waals surface area contributed by atoms with Crippen molar-refractivity contribution in [3.05, 3.63) is 35.6 Å². The lowest BCUT2D eigenvalue weighted by atomic mass is 10.2. The second kappa shape index (κ2) is 4.78. The number of aliphatic hydroxyl groups is 1. The van der Waals surface area contributed by atoms with Gasteiger partial charge in [0.15, 0.2) is 0 Å². The fourth-order valence-corrected chi connectivity index (χ4v) is 0.545. The molecule has 1 nitrogen and oxygen atoms in total. The van der Waals surface area contributed by atoms with Gasteiger partial charge in [-0.15, -0.1) is 0 Å². The Morgan fingerprint density at radius 1 is 1.36 bits per heavy atom. The van der Waals surface area contributed by atoms with Crippen LogP contribution in [0, 0.1) is 0 Å². The molecule has 0 heterocycles. The largest absolute Gasteiger partial charge is 0.512 e. The topological polar surface area (TPSA) is 20.2 Å². The van der Waals surface area contributed by atoms with Gasteiger partial charge < -0.3 is 5.11 Å². The first kappa shape index (κ1) is 10.0. The normalized spacial score (nSPS) is 11.0. The lowest BCUT2D eigenvalue weighted by Gasteiger charge is -1.97. The Morgan fingerprint density at radius 3 is 2.27 bits per heavy atom. The van der Waals surface area contributed by atoms with Crippen molar-refractivity contribution in [3.63, 3.8) is 0 Å². The number of hydrogen-bond acceptors (Lipinski definition) is 1. The zero-order chi connectivity index (χ0) is 8.85. The molecule has 0 saturated heterocycles. The van der Waals surface area contributed by atoms with Gasteiger partial charge in [-0.3, -0.25) is 0 Å². The lowest BCUT2D eigenvalue weighted by Crippen LogP contribution is -1.82. The van der Waals surface area contributed by atoms with Crippen molar-refractivity contribution >= 4 is 0 Å². The number of allylic oxidation sites excluding steroid dienone is 4. The van der Waals surface area contributed by atoms with Crippen LogP contribution in [-0.2, 0) is 0 Å². The van der Waals surface area contributed by atoms with Gasteiger partial charge in [0.2, 0.25) is 0 Å². The zero-order valence-corrected chi connectivity index (χ0v) is 7.52. The molecule has 0 spiro atoms. The van der Waals surface area contributed by atoms with Crippen molar-refractivity contribution in [1.29, 1.82) is 0 Å². The van der Waals surface area contributed by atoms with Gasteiger partial charge in [-0.2, -0.15) is 0 Å². The van der Waals surface area contributed by atoms with Crippen LogP contribution in [0.1, 0.15) is 27.2 Å². The monoisotopic (exact) mass is 152 g/mol. The zero-order valence-electron chi connectivity index (χ0n) is 7.52. The summed E-state index contributed by atoms with van der Waals surface area (Å²) in [7, 11) is 0. The molecular formula is C10H16O. The van der Waals surface area contributed by atoms with Crippen molar-refractivity contribution in [2.45, 2.75) is 27.2 Å². The Labute approximate surface area is 68.7 Å². The molecule has 1 heteroatoms. The molecule has 0 radical (unpaired) electrons. The molecule has 0 aromatic carbocycles. The average molecular weight is 152 g/mol. The van der Waals surface area contributed by atoms with Crippen LogP contribution in [0.4, 0.5) is 0 Å². The summed E-state index contributed by atoms with van der Waals surface area (Å²) in [5, 5.41) is 9.27. The third kappa shape index (κ3) is 4.43. The van der Waals surface area contributed by atoms with E-state index in [9.17, 15) is 5.11 Å². The van der Waals surface area contributed by atoms with Gasteiger partial charge in [-0.1, -0.05) is 24.3 Å². The highest BCUT2D eigenvalue weighted by Gasteiger charge is 1.91. The Bertz CT molecular complexity index is 193. The van der Waals surface area contributed by atoms with Crippen molar-refractivity contribution < 1.29 is 5.11 Å². The molecule has 0 aliphatic rings. The summed E-state index contributed by atoms with van der Waals surface area (Å²) < 4.78 is 0. The molecule has 11 heavy (non-hydrogen) atoms. The highest BCUT2D eigenvalue weighted by atomic mass is 16.3. The van der Waals surface area contributed by atoms with E-state index >= 15 is 0 Å². The maximum Gasteiger partial charge on any atom is 0.0946 e. The Morgan fingerprint density at radius 2 is 1.91 bits per heavy atom. The van der Waals surface area contributed by atoms with E-state index in [4.69, 9.17) is 0 Å². The molecule has 0 aliphatic heterocycles. The van der Waals surface area contributed by atoms with E-state index in [1.807, 2.05) is 26.8 Å². The summed E-state index contributed by atoms with van der Waals surface area (Å²) in [5.74, 6) is 0.450. The molecule has 0 saturated carbocycles. The van der Waals surface area contributed by atoms with Crippen molar-refractivity contribution in [1.82, 2.24) is 0 Å². The van der Waals surface area contributed by atoms with E-state index < -0.39 is 0 Å². The fraction of sp³-hybridized carbons (Fsp3) is 0.400. The van der Waals surface area contributed by atoms with Crippen LogP contribution >= 0.6 is 0 Å². The Hall–Kier alpha value is -0.980. The molecule has 62 valence electrons. The molecule has 1 N–H and O–H groups in total. The molecule has 0 aliphatic carbocycles. The second-order valence-corrected chi connectivity index (χ2v) is 2.80. The van der Waals surface area contributed by atoms with E-state index in [-0.39, 0.29) is 0 Å². The average Bonchev–Trinajstić information content (AvgIpc) is 1.99. The Kier molecular flexibility index (Phi) is 4.35.